The summed E-state index contributed by atoms with van der Waals surface area (Å²) in [5.41, 5.74) is 0. The number of hydrogen-bond donors (Lipinski definition) is 0. The van der Waals surface area contributed by atoms with E-state index < -0.39 is 42.2 Å². The molecule has 0 bridgehead atoms. The summed E-state index contributed by atoms with van der Waals surface area (Å²) in [6, 6.07) is 0. The molecule has 3 atom stereocenters. The molecule has 1 rings (SSSR count). The zero-order valence-corrected chi connectivity index (χ0v) is 10.7. The van der Waals surface area contributed by atoms with Crippen LogP contribution in [0.1, 0.15) is 20.8 Å². The van der Waals surface area contributed by atoms with Crippen LogP contribution >= 0.6 is 0 Å². The highest BCUT2D eigenvalue weighted by Gasteiger charge is 2.50. The van der Waals surface area contributed by atoms with Crippen LogP contribution in [0.5, 0.6) is 0 Å². The van der Waals surface area contributed by atoms with Gasteiger partial charge in [0, 0.05) is 20.8 Å². The fourth-order valence-corrected chi connectivity index (χ4v) is 1.56. The van der Waals surface area contributed by atoms with Crippen molar-refractivity contribution in [1.29, 1.82) is 0 Å². The first-order valence-electron chi connectivity index (χ1n) is 5.49. The standard InChI is InChI=1S/C11H14O8/c1-5(12)16-4-8-9(17-6(2)13)10(11(15)19-8)18-7(3)14/h8-10H,4H2,1-3H3/t8-,9+,10-/m0/s1. The van der Waals surface area contributed by atoms with Crippen molar-refractivity contribution in [2.24, 2.45) is 0 Å². The van der Waals surface area contributed by atoms with Crippen LogP contribution in [0.25, 0.3) is 0 Å². The van der Waals surface area contributed by atoms with Crippen molar-refractivity contribution in [3.05, 3.63) is 0 Å². The number of rotatable bonds is 4. The fraction of sp³-hybridized carbons (Fsp3) is 0.636. The van der Waals surface area contributed by atoms with Crippen molar-refractivity contribution < 1.29 is 38.1 Å². The van der Waals surface area contributed by atoms with E-state index in [0.717, 1.165) is 13.8 Å². The van der Waals surface area contributed by atoms with Crippen molar-refractivity contribution in [2.45, 2.75) is 39.1 Å². The lowest BCUT2D eigenvalue weighted by molar-refractivity contribution is -0.166. The molecule has 1 aliphatic rings. The maximum atomic E-state index is 11.5. The van der Waals surface area contributed by atoms with E-state index in [9.17, 15) is 19.2 Å². The van der Waals surface area contributed by atoms with E-state index in [0.29, 0.717) is 0 Å². The van der Waals surface area contributed by atoms with Crippen LogP contribution in [0.2, 0.25) is 0 Å². The van der Waals surface area contributed by atoms with Crippen LogP contribution in [-0.2, 0) is 38.1 Å². The summed E-state index contributed by atoms with van der Waals surface area (Å²) >= 11 is 0. The van der Waals surface area contributed by atoms with Crippen molar-refractivity contribution in [3.8, 4) is 0 Å². The van der Waals surface area contributed by atoms with Crippen molar-refractivity contribution in [2.75, 3.05) is 6.61 Å². The predicted molar refractivity (Wildman–Crippen MR) is 57.6 cm³/mol. The van der Waals surface area contributed by atoms with Crippen LogP contribution in [0.15, 0.2) is 0 Å². The molecule has 106 valence electrons. The van der Waals surface area contributed by atoms with E-state index in [1.54, 1.807) is 0 Å². The Balaban J connectivity index is 2.79. The monoisotopic (exact) mass is 274 g/mol. The minimum Gasteiger partial charge on any atom is -0.462 e. The predicted octanol–water partition coefficient (Wildman–Crippen LogP) is -0.662. The molecule has 1 fully saturated rings. The number of hydrogen-bond acceptors (Lipinski definition) is 8. The quantitative estimate of drug-likeness (QED) is 0.491. The van der Waals surface area contributed by atoms with Gasteiger partial charge in [-0.3, -0.25) is 14.4 Å². The molecule has 0 radical (unpaired) electrons. The van der Waals surface area contributed by atoms with Gasteiger partial charge >= 0.3 is 23.9 Å². The van der Waals surface area contributed by atoms with E-state index in [1.807, 2.05) is 0 Å². The van der Waals surface area contributed by atoms with Gasteiger partial charge in [0.2, 0.25) is 6.10 Å². The van der Waals surface area contributed by atoms with Crippen LogP contribution < -0.4 is 0 Å². The molecule has 0 unspecified atom stereocenters. The zero-order valence-electron chi connectivity index (χ0n) is 10.7. The summed E-state index contributed by atoms with van der Waals surface area (Å²) in [5, 5.41) is 0. The molecule has 0 spiro atoms. The number of carbonyl (C=O) groups excluding carboxylic acids is 4. The lowest BCUT2D eigenvalue weighted by atomic mass is 10.1. The molecule has 0 aromatic rings. The Bertz CT molecular complexity index is 401. The Hall–Kier alpha value is -2.12. The first-order chi connectivity index (χ1) is 8.81. The van der Waals surface area contributed by atoms with E-state index in [1.165, 1.54) is 6.92 Å². The average Bonchev–Trinajstić information content (AvgIpc) is 2.53. The van der Waals surface area contributed by atoms with E-state index in [-0.39, 0.29) is 6.61 Å². The second-order valence-electron chi connectivity index (χ2n) is 3.88. The lowest BCUT2D eigenvalue weighted by Gasteiger charge is -2.19. The minimum absolute atomic E-state index is 0.281. The van der Waals surface area contributed by atoms with Crippen LogP contribution in [0.4, 0.5) is 0 Å². The minimum atomic E-state index is -1.35. The summed E-state index contributed by atoms with van der Waals surface area (Å²) in [5.74, 6) is -2.81. The summed E-state index contributed by atoms with van der Waals surface area (Å²) in [6.45, 7) is 3.14. The highest BCUT2D eigenvalue weighted by atomic mass is 16.7. The van der Waals surface area contributed by atoms with Gasteiger partial charge in [-0.1, -0.05) is 0 Å². The van der Waals surface area contributed by atoms with E-state index in [4.69, 9.17) is 18.9 Å². The third-order valence-corrected chi connectivity index (χ3v) is 2.21. The second kappa shape index (κ2) is 6.17. The molecular formula is C11H14O8. The van der Waals surface area contributed by atoms with Crippen molar-refractivity contribution >= 4 is 23.9 Å². The second-order valence-corrected chi connectivity index (χ2v) is 3.88. The molecule has 0 aliphatic carbocycles. The maximum absolute atomic E-state index is 11.5. The first-order valence-corrected chi connectivity index (χ1v) is 5.49. The average molecular weight is 274 g/mol. The summed E-state index contributed by atoms with van der Waals surface area (Å²) in [4.78, 5) is 44.1. The normalized spacial score (nSPS) is 25.4. The highest BCUT2D eigenvalue weighted by molar-refractivity contribution is 5.82. The molecule has 0 amide bonds. The topological polar surface area (TPSA) is 105 Å². The smallest absolute Gasteiger partial charge is 0.352 e. The van der Waals surface area contributed by atoms with Crippen molar-refractivity contribution in [1.82, 2.24) is 0 Å². The largest absolute Gasteiger partial charge is 0.462 e. The van der Waals surface area contributed by atoms with Crippen molar-refractivity contribution in [3.63, 3.8) is 0 Å². The molecule has 0 N–H and O–H groups in total. The maximum Gasteiger partial charge on any atom is 0.352 e. The molecule has 0 aromatic heterocycles. The molecular weight excluding hydrogens is 260 g/mol. The fourth-order valence-electron chi connectivity index (χ4n) is 1.56. The molecule has 8 nitrogen and oxygen atoms in total. The van der Waals surface area contributed by atoms with Gasteiger partial charge < -0.3 is 18.9 Å². The van der Waals surface area contributed by atoms with Gasteiger partial charge in [-0.15, -0.1) is 0 Å². The Kier molecular flexibility index (Phi) is 4.85. The molecule has 0 aromatic carbocycles. The van der Waals surface area contributed by atoms with E-state index >= 15 is 0 Å². The van der Waals surface area contributed by atoms with Gasteiger partial charge in [0.1, 0.15) is 6.61 Å². The van der Waals surface area contributed by atoms with E-state index in [2.05, 4.69) is 0 Å². The Morgan fingerprint density at radius 1 is 1.05 bits per heavy atom. The van der Waals surface area contributed by atoms with Crippen LogP contribution in [-0.4, -0.2) is 48.8 Å². The lowest BCUT2D eigenvalue weighted by Crippen LogP contribution is -2.40. The third-order valence-electron chi connectivity index (χ3n) is 2.21. The van der Waals surface area contributed by atoms with Crippen LogP contribution in [0.3, 0.4) is 0 Å². The summed E-state index contributed by atoms with van der Waals surface area (Å²) in [6.07, 6.45) is -3.47. The number of esters is 4. The van der Waals surface area contributed by atoms with Gasteiger partial charge in [-0.2, -0.15) is 0 Å². The number of ether oxygens (including phenoxy) is 4. The number of carbonyl (C=O) groups is 4. The first kappa shape index (κ1) is 14.9. The Labute approximate surface area is 108 Å². The van der Waals surface area contributed by atoms with Gasteiger partial charge in [-0.25, -0.2) is 4.79 Å². The molecule has 8 heteroatoms. The summed E-state index contributed by atoms with van der Waals surface area (Å²) < 4.78 is 19.2. The SMILES string of the molecule is CC(=O)OC[C@@H]1OC(=O)[C@@H](OC(C)=O)[C@@H]1OC(C)=O. The third kappa shape index (κ3) is 4.23. The molecule has 1 saturated heterocycles. The summed E-state index contributed by atoms with van der Waals surface area (Å²) in [7, 11) is 0. The van der Waals surface area contributed by atoms with Gasteiger partial charge in [0.25, 0.3) is 0 Å². The Morgan fingerprint density at radius 2 is 1.63 bits per heavy atom. The number of cyclic esters (lactones) is 1. The van der Waals surface area contributed by atoms with Gasteiger partial charge in [-0.05, 0) is 0 Å². The molecule has 0 saturated carbocycles. The zero-order chi connectivity index (χ0) is 14.6. The molecule has 1 heterocycles. The highest BCUT2D eigenvalue weighted by Crippen LogP contribution is 2.23. The van der Waals surface area contributed by atoms with Gasteiger partial charge in [0.15, 0.2) is 12.2 Å². The molecule has 19 heavy (non-hydrogen) atoms. The van der Waals surface area contributed by atoms with Crippen LogP contribution in [0, 0.1) is 0 Å². The molecule has 1 aliphatic heterocycles. The Morgan fingerprint density at radius 3 is 2.11 bits per heavy atom. The van der Waals surface area contributed by atoms with Gasteiger partial charge in [0.05, 0.1) is 0 Å².